The summed E-state index contributed by atoms with van der Waals surface area (Å²) in [6.07, 6.45) is 2.90. The van der Waals surface area contributed by atoms with Crippen LogP contribution in [0.3, 0.4) is 0 Å². The van der Waals surface area contributed by atoms with Crippen molar-refractivity contribution in [3.05, 3.63) is 0 Å². The molecule has 0 radical (unpaired) electrons. The van der Waals surface area contributed by atoms with Crippen LogP contribution >= 0.6 is 0 Å². The van der Waals surface area contributed by atoms with E-state index in [4.69, 9.17) is 4.84 Å². The minimum atomic E-state index is 0.194. The zero-order valence-corrected chi connectivity index (χ0v) is 7.79. The summed E-state index contributed by atoms with van der Waals surface area (Å²) in [5.74, 6) is 0.387. The third-order valence-electron chi connectivity index (χ3n) is 2.69. The molecule has 0 atom stereocenters. The average molecular weight is 184 g/mol. The third-order valence-corrected chi connectivity index (χ3v) is 2.69. The van der Waals surface area contributed by atoms with E-state index in [1.807, 2.05) is 0 Å². The zero-order valence-electron chi connectivity index (χ0n) is 7.79. The van der Waals surface area contributed by atoms with Gasteiger partial charge in [-0.3, -0.25) is 9.63 Å². The van der Waals surface area contributed by atoms with Gasteiger partial charge >= 0.3 is 0 Å². The second-order valence-electron chi connectivity index (χ2n) is 3.65. The molecule has 0 aromatic rings. The third kappa shape index (κ3) is 2.00. The fraction of sp³-hybridized carbons (Fsp3) is 0.889. The van der Waals surface area contributed by atoms with Crippen LogP contribution in [0.1, 0.15) is 19.3 Å². The number of nitrogens with one attached hydrogen (secondary N) is 1. The van der Waals surface area contributed by atoms with Crippen molar-refractivity contribution in [2.75, 3.05) is 26.2 Å². The predicted molar refractivity (Wildman–Crippen MR) is 47.9 cm³/mol. The molecule has 0 aliphatic carbocycles. The molecule has 2 heterocycles. The fourth-order valence-corrected chi connectivity index (χ4v) is 1.89. The molecule has 1 N–H and O–H groups in total. The number of hydrogen-bond acceptors (Lipinski definition) is 3. The minimum Gasteiger partial charge on any atom is -0.317 e. The van der Waals surface area contributed by atoms with Crippen LogP contribution in [0.4, 0.5) is 0 Å². The van der Waals surface area contributed by atoms with Gasteiger partial charge in [-0.15, -0.1) is 0 Å². The first-order valence-electron chi connectivity index (χ1n) is 5.03. The number of carbonyl (C=O) groups excluding carboxylic acids is 1. The molecule has 1 amide bonds. The molecule has 0 aromatic heterocycles. The molecule has 2 rings (SSSR count). The smallest absolute Gasteiger partial charge is 0.249 e. The molecule has 0 bridgehead atoms. The average Bonchev–Trinajstić information content (AvgIpc) is 2.71. The van der Waals surface area contributed by atoms with E-state index in [1.165, 1.54) is 0 Å². The summed E-state index contributed by atoms with van der Waals surface area (Å²) < 4.78 is 0. The van der Waals surface area contributed by atoms with Crippen LogP contribution in [0, 0.1) is 5.92 Å². The molecule has 13 heavy (non-hydrogen) atoms. The molecule has 0 spiro atoms. The van der Waals surface area contributed by atoms with Gasteiger partial charge in [-0.1, -0.05) is 0 Å². The number of hydroxylamine groups is 2. The summed E-state index contributed by atoms with van der Waals surface area (Å²) in [4.78, 5) is 17.0. The van der Waals surface area contributed by atoms with Gasteiger partial charge in [0.25, 0.3) is 0 Å². The number of nitrogens with zero attached hydrogens (tertiary/aromatic N) is 1. The van der Waals surface area contributed by atoms with E-state index in [2.05, 4.69) is 5.32 Å². The van der Waals surface area contributed by atoms with Crippen LogP contribution in [-0.2, 0) is 9.63 Å². The van der Waals surface area contributed by atoms with Crippen molar-refractivity contribution in [1.29, 1.82) is 0 Å². The molecule has 0 unspecified atom stereocenters. The molecule has 2 saturated heterocycles. The molecule has 4 nitrogen and oxygen atoms in total. The lowest BCUT2D eigenvalue weighted by atomic mass is 9.97. The lowest BCUT2D eigenvalue weighted by Crippen LogP contribution is -2.39. The highest BCUT2D eigenvalue weighted by molar-refractivity contribution is 5.78. The summed E-state index contributed by atoms with van der Waals surface area (Å²) in [5.41, 5.74) is 0. The van der Waals surface area contributed by atoms with E-state index in [9.17, 15) is 4.79 Å². The van der Waals surface area contributed by atoms with Crippen LogP contribution in [-0.4, -0.2) is 37.2 Å². The van der Waals surface area contributed by atoms with Crippen molar-refractivity contribution in [2.45, 2.75) is 19.3 Å². The largest absolute Gasteiger partial charge is 0.317 e. The monoisotopic (exact) mass is 184 g/mol. The molecular weight excluding hydrogens is 168 g/mol. The number of hydrogen-bond donors (Lipinski definition) is 1. The number of amides is 1. The first-order chi connectivity index (χ1) is 6.38. The minimum absolute atomic E-state index is 0.194. The van der Waals surface area contributed by atoms with Gasteiger partial charge in [-0.25, -0.2) is 5.06 Å². The van der Waals surface area contributed by atoms with E-state index >= 15 is 0 Å². The number of rotatable bonds is 1. The highest BCUT2D eigenvalue weighted by Crippen LogP contribution is 2.17. The van der Waals surface area contributed by atoms with Gasteiger partial charge in [0.15, 0.2) is 0 Å². The molecule has 2 aliphatic rings. The molecular formula is C9H16N2O2. The Morgan fingerprint density at radius 3 is 2.77 bits per heavy atom. The summed E-state index contributed by atoms with van der Waals surface area (Å²) in [7, 11) is 0. The van der Waals surface area contributed by atoms with Crippen molar-refractivity contribution in [2.24, 2.45) is 5.92 Å². The van der Waals surface area contributed by atoms with Crippen molar-refractivity contribution >= 4 is 5.91 Å². The van der Waals surface area contributed by atoms with Gasteiger partial charge in [0, 0.05) is 5.92 Å². The summed E-state index contributed by atoms with van der Waals surface area (Å²) in [6, 6.07) is 0. The topological polar surface area (TPSA) is 41.6 Å². The van der Waals surface area contributed by atoms with Crippen molar-refractivity contribution in [1.82, 2.24) is 10.4 Å². The van der Waals surface area contributed by atoms with Crippen LogP contribution < -0.4 is 5.32 Å². The zero-order chi connectivity index (χ0) is 9.10. The lowest BCUT2D eigenvalue weighted by Gasteiger charge is -2.25. The predicted octanol–water partition coefficient (Wildman–Crippen LogP) is 0.150. The molecule has 74 valence electrons. The Kier molecular flexibility index (Phi) is 2.80. The first kappa shape index (κ1) is 8.97. The van der Waals surface area contributed by atoms with Crippen LogP contribution in [0.2, 0.25) is 0 Å². The Morgan fingerprint density at radius 2 is 2.15 bits per heavy atom. The standard InChI is InChI=1S/C9H16N2O2/c12-9(11-6-1-7-13-11)8-2-4-10-5-3-8/h8,10H,1-7H2. The van der Waals surface area contributed by atoms with Gasteiger partial charge in [0.2, 0.25) is 5.91 Å². The Labute approximate surface area is 78.2 Å². The van der Waals surface area contributed by atoms with Gasteiger partial charge in [0.1, 0.15) is 0 Å². The normalized spacial score (nSPS) is 25.1. The molecule has 0 saturated carbocycles. The maximum Gasteiger partial charge on any atom is 0.249 e. The van der Waals surface area contributed by atoms with E-state index in [1.54, 1.807) is 5.06 Å². The van der Waals surface area contributed by atoms with Crippen molar-refractivity contribution in [3.8, 4) is 0 Å². The van der Waals surface area contributed by atoms with Crippen LogP contribution in [0.25, 0.3) is 0 Å². The Morgan fingerprint density at radius 1 is 1.38 bits per heavy atom. The second-order valence-corrected chi connectivity index (χ2v) is 3.65. The fourth-order valence-electron chi connectivity index (χ4n) is 1.89. The summed E-state index contributed by atoms with van der Waals surface area (Å²) in [6.45, 7) is 3.41. The van der Waals surface area contributed by atoms with Gasteiger partial charge in [-0.2, -0.15) is 0 Å². The Bertz CT molecular complexity index is 184. The van der Waals surface area contributed by atoms with Crippen LogP contribution in [0.15, 0.2) is 0 Å². The SMILES string of the molecule is O=C(C1CCNCC1)N1CCCO1. The molecule has 2 fully saturated rings. The van der Waals surface area contributed by atoms with E-state index in [0.717, 1.165) is 38.9 Å². The number of piperidine rings is 1. The highest BCUT2D eigenvalue weighted by Gasteiger charge is 2.28. The van der Waals surface area contributed by atoms with Crippen molar-refractivity contribution < 1.29 is 9.63 Å². The quantitative estimate of drug-likeness (QED) is 0.630. The lowest BCUT2D eigenvalue weighted by molar-refractivity contribution is -0.174. The van der Waals surface area contributed by atoms with Gasteiger partial charge in [0.05, 0.1) is 13.2 Å². The Balaban J connectivity index is 1.87. The maximum absolute atomic E-state index is 11.8. The molecule has 2 aliphatic heterocycles. The van der Waals surface area contributed by atoms with Gasteiger partial charge < -0.3 is 5.32 Å². The summed E-state index contributed by atoms with van der Waals surface area (Å²) in [5, 5.41) is 4.80. The van der Waals surface area contributed by atoms with Crippen LogP contribution in [0.5, 0.6) is 0 Å². The van der Waals surface area contributed by atoms with E-state index < -0.39 is 0 Å². The maximum atomic E-state index is 11.8. The first-order valence-corrected chi connectivity index (χ1v) is 5.03. The summed E-state index contributed by atoms with van der Waals surface area (Å²) >= 11 is 0. The highest BCUT2D eigenvalue weighted by atomic mass is 16.7. The van der Waals surface area contributed by atoms with Crippen molar-refractivity contribution in [3.63, 3.8) is 0 Å². The Hall–Kier alpha value is -0.610. The van der Waals surface area contributed by atoms with Gasteiger partial charge in [-0.05, 0) is 32.4 Å². The molecule has 4 heteroatoms. The van der Waals surface area contributed by atoms with E-state index in [0.29, 0.717) is 6.61 Å². The number of carbonyl (C=O) groups is 1. The second kappa shape index (κ2) is 4.07. The van der Waals surface area contributed by atoms with E-state index in [-0.39, 0.29) is 11.8 Å². The molecule has 0 aromatic carbocycles.